The zero-order valence-electron chi connectivity index (χ0n) is 16.4. The van der Waals surface area contributed by atoms with Crippen molar-refractivity contribution in [1.29, 1.82) is 0 Å². The van der Waals surface area contributed by atoms with Crippen LogP contribution in [-0.4, -0.2) is 29.6 Å². The van der Waals surface area contributed by atoms with Crippen molar-refractivity contribution in [3.05, 3.63) is 64.0 Å². The molecule has 1 amide bonds. The number of aromatic nitrogens is 2. The standard InChI is InChI=1S/C19H20Cl2N4O4S/c1-19(2,3)24-30(27,28)17-7-6-15(29-17)18(26)23-16-8-9-22-25(16)11-12-4-5-13(20)10-14(12)21/h4-10,24H,11H2,1-3H3,(H,23,26). The van der Waals surface area contributed by atoms with Crippen molar-refractivity contribution in [3.8, 4) is 0 Å². The third kappa shape index (κ3) is 5.42. The highest BCUT2D eigenvalue weighted by Crippen LogP contribution is 2.23. The van der Waals surface area contributed by atoms with Gasteiger partial charge in [-0.25, -0.2) is 17.8 Å². The number of nitrogens with zero attached hydrogens (tertiary/aromatic N) is 2. The number of anilines is 1. The summed E-state index contributed by atoms with van der Waals surface area (Å²) < 4.78 is 34.0. The van der Waals surface area contributed by atoms with Crippen LogP contribution >= 0.6 is 23.2 Å². The Balaban J connectivity index is 1.75. The van der Waals surface area contributed by atoms with Crippen molar-refractivity contribution in [3.63, 3.8) is 0 Å². The van der Waals surface area contributed by atoms with Gasteiger partial charge in [0.05, 0.1) is 12.7 Å². The van der Waals surface area contributed by atoms with E-state index in [9.17, 15) is 13.2 Å². The van der Waals surface area contributed by atoms with Crippen LogP contribution in [0.25, 0.3) is 0 Å². The van der Waals surface area contributed by atoms with Crippen LogP contribution in [0.4, 0.5) is 5.82 Å². The second kappa shape index (κ2) is 8.43. The van der Waals surface area contributed by atoms with Gasteiger partial charge in [0.1, 0.15) is 5.82 Å². The first-order chi connectivity index (χ1) is 13.9. The van der Waals surface area contributed by atoms with Crippen molar-refractivity contribution in [2.24, 2.45) is 0 Å². The third-order valence-electron chi connectivity index (χ3n) is 3.80. The van der Waals surface area contributed by atoms with Crippen LogP contribution in [-0.2, 0) is 16.6 Å². The summed E-state index contributed by atoms with van der Waals surface area (Å²) in [7, 11) is -3.89. The van der Waals surface area contributed by atoms with Crippen molar-refractivity contribution in [2.75, 3.05) is 5.32 Å². The van der Waals surface area contributed by atoms with Crippen LogP contribution in [0.15, 0.2) is 52.1 Å². The molecule has 0 spiro atoms. The summed E-state index contributed by atoms with van der Waals surface area (Å²) in [4.78, 5) is 12.5. The molecule has 2 N–H and O–H groups in total. The summed E-state index contributed by atoms with van der Waals surface area (Å²) >= 11 is 12.1. The number of hydrogen-bond acceptors (Lipinski definition) is 5. The molecular formula is C19H20Cl2N4O4S. The summed E-state index contributed by atoms with van der Waals surface area (Å²) in [5.74, 6) is -0.377. The van der Waals surface area contributed by atoms with E-state index in [1.807, 2.05) is 0 Å². The Morgan fingerprint density at radius 1 is 1.17 bits per heavy atom. The number of carbonyl (C=O) groups excluding carboxylic acids is 1. The average Bonchev–Trinajstić information content (AvgIpc) is 3.25. The van der Waals surface area contributed by atoms with Crippen LogP contribution < -0.4 is 10.0 Å². The van der Waals surface area contributed by atoms with Crippen LogP contribution in [0.5, 0.6) is 0 Å². The van der Waals surface area contributed by atoms with Crippen LogP contribution in [0, 0.1) is 0 Å². The van der Waals surface area contributed by atoms with Crippen molar-refractivity contribution in [2.45, 2.75) is 37.9 Å². The molecule has 2 heterocycles. The molecule has 0 bridgehead atoms. The first kappa shape index (κ1) is 22.4. The lowest BCUT2D eigenvalue weighted by Gasteiger charge is -2.18. The molecule has 0 aliphatic rings. The maximum atomic E-state index is 12.5. The Hall–Kier alpha value is -2.33. The van der Waals surface area contributed by atoms with Gasteiger partial charge in [-0.1, -0.05) is 29.3 Å². The molecule has 0 atom stereocenters. The molecule has 0 saturated heterocycles. The maximum Gasteiger partial charge on any atom is 0.292 e. The molecule has 0 aliphatic heterocycles. The first-order valence-electron chi connectivity index (χ1n) is 8.85. The second-order valence-electron chi connectivity index (χ2n) is 7.54. The van der Waals surface area contributed by atoms with E-state index in [1.165, 1.54) is 23.0 Å². The van der Waals surface area contributed by atoms with Crippen LogP contribution in [0.1, 0.15) is 36.9 Å². The monoisotopic (exact) mass is 470 g/mol. The average molecular weight is 471 g/mol. The van der Waals surface area contributed by atoms with Gasteiger partial charge in [0.2, 0.25) is 5.09 Å². The molecule has 8 nitrogen and oxygen atoms in total. The lowest BCUT2D eigenvalue weighted by Crippen LogP contribution is -2.40. The smallest absolute Gasteiger partial charge is 0.292 e. The topological polar surface area (TPSA) is 106 Å². The number of rotatable bonds is 6. The molecule has 0 aliphatic carbocycles. The fraction of sp³-hybridized carbons (Fsp3) is 0.263. The van der Waals surface area contributed by atoms with E-state index < -0.39 is 21.5 Å². The second-order valence-corrected chi connectivity index (χ2v) is 10.00. The predicted octanol–water partition coefficient (Wildman–Crippen LogP) is 4.16. The van der Waals surface area contributed by atoms with E-state index in [-0.39, 0.29) is 10.9 Å². The first-order valence-corrected chi connectivity index (χ1v) is 11.1. The highest BCUT2D eigenvalue weighted by atomic mass is 35.5. The van der Waals surface area contributed by atoms with Gasteiger partial charge in [0.15, 0.2) is 5.76 Å². The van der Waals surface area contributed by atoms with E-state index in [2.05, 4.69) is 15.1 Å². The zero-order valence-corrected chi connectivity index (χ0v) is 18.8. The molecule has 0 saturated carbocycles. The van der Waals surface area contributed by atoms with E-state index in [0.29, 0.717) is 22.4 Å². The van der Waals surface area contributed by atoms with Gasteiger partial charge in [0, 0.05) is 21.7 Å². The van der Waals surface area contributed by atoms with Crippen molar-refractivity contribution >= 4 is 45.0 Å². The minimum absolute atomic E-state index is 0.151. The summed E-state index contributed by atoms with van der Waals surface area (Å²) in [6, 6.07) is 9.22. The quantitative estimate of drug-likeness (QED) is 0.562. The van der Waals surface area contributed by atoms with Crippen LogP contribution in [0.3, 0.4) is 0 Å². The zero-order chi connectivity index (χ0) is 22.1. The lowest BCUT2D eigenvalue weighted by molar-refractivity contribution is 0.0990. The Labute approximate surface area is 184 Å². The fourth-order valence-corrected chi connectivity index (χ4v) is 4.42. The minimum Gasteiger partial charge on any atom is -0.438 e. The SMILES string of the molecule is CC(C)(C)NS(=O)(=O)c1ccc(C(=O)Nc2ccnn2Cc2ccc(Cl)cc2Cl)o1. The molecule has 3 aromatic rings. The summed E-state index contributed by atoms with van der Waals surface area (Å²) in [6.07, 6.45) is 1.52. The number of amides is 1. The summed E-state index contributed by atoms with van der Waals surface area (Å²) in [5, 5.41) is 7.48. The Bertz CT molecular complexity index is 1180. The number of carbonyl (C=O) groups is 1. The maximum absolute atomic E-state index is 12.5. The molecule has 30 heavy (non-hydrogen) atoms. The Kier molecular flexibility index (Phi) is 6.28. The normalized spacial score (nSPS) is 12.2. The molecule has 0 radical (unpaired) electrons. The van der Waals surface area contributed by atoms with E-state index >= 15 is 0 Å². The number of hydrogen-bond donors (Lipinski definition) is 2. The Morgan fingerprint density at radius 3 is 2.57 bits per heavy atom. The lowest BCUT2D eigenvalue weighted by atomic mass is 10.1. The summed E-state index contributed by atoms with van der Waals surface area (Å²) in [5.41, 5.74) is 0.0728. The number of sulfonamides is 1. The van der Waals surface area contributed by atoms with Crippen molar-refractivity contribution < 1.29 is 17.6 Å². The van der Waals surface area contributed by atoms with Gasteiger partial charge < -0.3 is 9.73 Å². The molecule has 1 aromatic carbocycles. The molecule has 0 unspecified atom stereocenters. The number of benzene rings is 1. The van der Waals surface area contributed by atoms with Crippen molar-refractivity contribution in [1.82, 2.24) is 14.5 Å². The largest absolute Gasteiger partial charge is 0.438 e. The highest BCUT2D eigenvalue weighted by molar-refractivity contribution is 7.89. The third-order valence-corrected chi connectivity index (χ3v) is 6.02. The molecular weight excluding hydrogens is 451 g/mol. The van der Waals surface area contributed by atoms with Gasteiger partial charge >= 0.3 is 0 Å². The molecule has 160 valence electrons. The van der Waals surface area contributed by atoms with Gasteiger partial charge in [0.25, 0.3) is 15.9 Å². The number of halogens is 2. The summed E-state index contributed by atoms with van der Waals surface area (Å²) in [6.45, 7) is 5.41. The number of nitrogens with one attached hydrogen (secondary N) is 2. The molecule has 2 aromatic heterocycles. The predicted molar refractivity (Wildman–Crippen MR) is 115 cm³/mol. The fourth-order valence-electron chi connectivity index (χ4n) is 2.59. The van der Waals surface area contributed by atoms with E-state index in [0.717, 1.165) is 5.56 Å². The number of furan rings is 1. The Morgan fingerprint density at radius 2 is 1.90 bits per heavy atom. The van der Waals surface area contributed by atoms with Gasteiger partial charge in [-0.15, -0.1) is 0 Å². The molecule has 11 heteroatoms. The van der Waals surface area contributed by atoms with Gasteiger partial charge in [-0.05, 0) is 50.6 Å². The van der Waals surface area contributed by atoms with E-state index in [1.54, 1.807) is 45.0 Å². The van der Waals surface area contributed by atoms with Gasteiger partial charge in [-0.3, -0.25) is 4.79 Å². The van der Waals surface area contributed by atoms with E-state index in [4.69, 9.17) is 27.6 Å². The highest BCUT2D eigenvalue weighted by Gasteiger charge is 2.26. The van der Waals surface area contributed by atoms with Gasteiger partial charge in [-0.2, -0.15) is 5.10 Å². The molecule has 3 rings (SSSR count). The minimum atomic E-state index is -3.89. The van der Waals surface area contributed by atoms with Crippen LogP contribution in [0.2, 0.25) is 10.0 Å². The molecule has 0 fully saturated rings.